The van der Waals surface area contributed by atoms with Gasteiger partial charge in [-0.1, -0.05) is 13.3 Å². The molecule has 0 unspecified atom stereocenters. The number of carbonyl (C=O) groups is 1. The van der Waals surface area contributed by atoms with Gasteiger partial charge in [-0.15, -0.1) is 0 Å². The number of nitrogens with zero attached hydrogens (tertiary/aromatic N) is 1. The van der Waals surface area contributed by atoms with E-state index in [4.69, 9.17) is 4.74 Å². The molecule has 0 aliphatic heterocycles. The molecule has 1 aromatic rings. The molecule has 1 aromatic heterocycles. The van der Waals surface area contributed by atoms with Crippen molar-refractivity contribution in [2.45, 2.75) is 33.1 Å². The molecule has 0 saturated carbocycles. The van der Waals surface area contributed by atoms with Gasteiger partial charge in [0.25, 0.3) is 5.91 Å². The molecule has 5 nitrogen and oxygen atoms in total. The summed E-state index contributed by atoms with van der Waals surface area (Å²) >= 11 is 1.31. The average Bonchev–Trinajstić information content (AvgIpc) is 2.78. The molecule has 108 valence electrons. The van der Waals surface area contributed by atoms with Crippen LogP contribution in [0.5, 0.6) is 0 Å². The Bertz CT molecular complexity index is 393. The Morgan fingerprint density at radius 1 is 1.37 bits per heavy atom. The van der Waals surface area contributed by atoms with Gasteiger partial charge in [-0.25, -0.2) is 0 Å². The van der Waals surface area contributed by atoms with E-state index in [1.807, 2.05) is 6.92 Å². The zero-order valence-electron chi connectivity index (χ0n) is 11.9. The average molecular weight is 285 g/mol. The van der Waals surface area contributed by atoms with E-state index in [1.165, 1.54) is 11.5 Å². The lowest BCUT2D eigenvalue weighted by molar-refractivity contribution is 0.0941. The van der Waals surface area contributed by atoms with Crippen LogP contribution in [-0.4, -0.2) is 37.1 Å². The third-order valence-electron chi connectivity index (χ3n) is 2.71. The van der Waals surface area contributed by atoms with Crippen molar-refractivity contribution in [2.24, 2.45) is 0 Å². The van der Waals surface area contributed by atoms with Crippen molar-refractivity contribution in [1.29, 1.82) is 0 Å². The van der Waals surface area contributed by atoms with Crippen molar-refractivity contribution >= 4 is 22.4 Å². The van der Waals surface area contributed by atoms with Crippen molar-refractivity contribution in [1.82, 2.24) is 9.69 Å². The van der Waals surface area contributed by atoms with Crippen molar-refractivity contribution in [3.05, 3.63) is 11.3 Å². The molecule has 0 aliphatic carbocycles. The Labute approximate surface area is 118 Å². The van der Waals surface area contributed by atoms with Gasteiger partial charge in [0, 0.05) is 26.8 Å². The highest BCUT2D eigenvalue weighted by Gasteiger charge is 2.16. The number of ether oxygens (including phenoxy) is 1. The molecule has 0 aromatic carbocycles. The Kier molecular flexibility index (Phi) is 7.43. The van der Waals surface area contributed by atoms with Crippen LogP contribution in [0.3, 0.4) is 0 Å². The van der Waals surface area contributed by atoms with Crippen LogP contribution in [0.2, 0.25) is 0 Å². The number of nitrogens with one attached hydrogen (secondary N) is 2. The van der Waals surface area contributed by atoms with E-state index in [0.717, 1.165) is 36.6 Å². The molecule has 0 aliphatic rings. The van der Waals surface area contributed by atoms with Gasteiger partial charge in [0.05, 0.1) is 11.3 Å². The molecular weight excluding hydrogens is 262 g/mol. The number of carbonyl (C=O) groups excluding carboxylic acids is 1. The fourth-order valence-electron chi connectivity index (χ4n) is 1.62. The summed E-state index contributed by atoms with van der Waals surface area (Å²) in [5, 5.41) is 6.71. The fourth-order valence-corrected chi connectivity index (χ4v) is 2.36. The molecule has 1 rings (SSSR count). The number of anilines is 1. The maximum Gasteiger partial charge on any atom is 0.256 e. The van der Waals surface area contributed by atoms with Crippen molar-refractivity contribution in [2.75, 3.05) is 32.1 Å². The maximum absolute atomic E-state index is 12.0. The first-order valence-electron chi connectivity index (χ1n) is 6.70. The first-order valence-corrected chi connectivity index (χ1v) is 7.48. The van der Waals surface area contributed by atoms with Crippen LogP contribution in [0, 0.1) is 6.92 Å². The number of aryl methyl sites for hydroxylation is 1. The third kappa shape index (κ3) is 5.16. The molecule has 1 amide bonds. The smallest absolute Gasteiger partial charge is 0.256 e. The number of hydrogen-bond donors (Lipinski definition) is 2. The lowest BCUT2D eigenvalue weighted by atomic mass is 10.2. The molecule has 0 radical (unpaired) electrons. The molecule has 0 saturated heterocycles. The predicted molar refractivity (Wildman–Crippen MR) is 79.1 cm³/mol. The van der Waals surface area contributed by atoms with Gasteiger partial charge in [-0.05, 0) is 31.3 Å². The van der Waals surface area contributed by atoms with Crippen LogP contribution in [0.15, 0.2) is 0 Å². The first-order chi connectivity index (χ1) is 9.20. The van der Waals surface area contributed by atoms with Gasteiger partial charge < -0.3 is 15.4 Å². The largest absolute Gasteiger partial charge is 0.381 e. The molecule has 2 N–H and O–H groups in total. The van der Waals surface area contributed by atoms with Crippen LogP contribution in [0.25, 0.3) is 0 Å². The normalized spacial score (nSPS) is 10.5. The molecule has 6 heteroatoms. The van der Waals surface area contributed by atoms with Gasteiger partial charge in [-0.2, -0.15) is 4.37 Å². The number of unbranched alkanes of at least 4 members (excludes halogenated alkanes) is 1. The molecule has 1 heterocycles. The molecule has 0 spiro atoms. The lowest BCUT2D eigenvalue weighted by Crippen LogP contribution is -2.26. The number of rotatable bonds is 9. The summed E-state index contributed by atoms with van der Waals surface area (Å²) in [6, 6.07) is 0. The van der Waals surface area contributed by atoms with Gasteiger partial charge in [0.2, 0.25) is 0 Å². The monoisotopic (exact) mass is 285 g/mol. The second-order valence-corrected chi connectivity index (χ2v) is 5.07. The second kappa shape index (κ2) is 8.87. The van der Waals surface area contributed by atoms with E-state index in [9.17, 15) is 4.79 Å². The quantitative estimate of drug-likeness (QED) is 0.684. The minimum absolute atomic E-state index is 0.0656. The van der Waals surface area contributed by atoms with Gasteiger partial charge in [0.15, 0.2) is 0 Å². The van der Waals surface area contributed by atoms with Crippen molar-refractivity contribution in [3.63, 3.8) is 0 Å². The summed E-state index contributed by atoms with van der Waals surface area (Å²) in [4.78, 5) is 12.0. The zero-order valence-corrected chi connectivity index (χ0v) is 12.7. The van der Waals surface area contributed by atoms with E-state index >= 15 is 0 Å². The summed E-state index contributed by atoms with van der Waals surface area (Å²) < 4.78 is 9.62. The minimum atomic E-state index is -0.0656. The van der Waals surface area contributed by atoms with Crippen LogP contribution in [-0.2, 0) is 4.74 Å². The molecule has 0 bridgehead atoms. The SMILES string of the molecule is CCCCOCCCNC(=O)c1c(C)nsc1NC. The number of aromatic nitrogens is 1. The molecular formula is C13H23N3O2S. The van der Waals surface area contributed by atoms with E-state index in [0.29, 0.717) is 18.7 Å². The van der Waals surface area contributed by atoms with Gasteiger partial charge >= 0.3 is 0 Å². The minimum Gasteiger partial charge on any atom is -0.381 e. The zero-order chi connectivity index (χ0) is 14.1. The molecule has 0 fully saturated rings. The highest BCUT2D eigenvalue weighted by atomic mass is 32.1. The highest BCUT2D eigenvalue weighted by Crippen LogP contribution is 2.23. The van der Waals surface area contributed by atoms with Crippen LogP contribution in [0.4, 0.5) is 5.00 Å². The summed E-state index contributed by atoms with van der Waals surface area (Å²) in [5.41, 5.74) is 1.42. The van der Waals surface area contributed by atoms with E-state index in [-0.39, 0.29) is 5.91 Å². The second-order valence-electron chi connectivity index (χ2n) is 4.30. The third-order valence-corrected chi connectivity index (χ3v) is 3.67. The lowest BCUT2D eigenvalue weighted by Gasteiger charge is -2.07. The summed E-state index contributed by atoms with van der Waals surface area (Å²) in [5.74, 6) is -0.0656. The topological polar surface area (TPSA) is 63.2 Å². The summed E-state index contributed by atoms with van der Waals surface area (Å²) in [6.07, 6.45) is 3.08. The number of amides is 1. The summed E-state index contributed by atoms with van der Waals surface area (Å²) in [7, 11) is 1.80. The summed E-state index contributed by atoms with van der Waals surface area (Å²) in [6.45, 7) is 6.12. The Morgan fingerprint density at radius 2 is 2.11 bits per heavy atom. The van der Waals surface area contributed by atoms with Crippen molar-refractivity contribution in [3.8, 4) is 0 Å². The van der Waals surface area contributed by atoms with Crippen LogP contribution < -0.4 is 10.6 Å². The van der Waals surface area contributed by atoms with E-state index in [1.54, 1.807) is 7.05 Å². The molecule has 0 atom stereocenters. The highest BCUT2D eigenvalue weighted by molar-refractivity contribution is 7.10. The van der Waals surface area contributed by atoms with E-state index < -0.39 is 0 Å². The maximum atomic E-state index is 12.0. The molecule has 19 heavy (non-hydrogen) atoms. The first kappa shape index (κ1) is 15.9. The number of hydrogen-bond acceptors (Lipinski definition) is 5. The van der Waals surface area contributed by atoms with E-state index in [2.05, 4.69) is 21.9 Å². The Morgan fingerprint density at radius 3 is 2.79 bits per heavy atom. The van der Waals surface area contributed by atoms with Crippen molar-refractivity contribution < 1.29 is 9.53 Å². The van der Waals surface area contributed by atoms with Gasteiger partial charge in [-0.3, -0.25) is 4.79 Å². The van der Waals surface area contributed by atoms with Gasteiger partial charge in [0.1, 0.15) is 5.00 Å². The van der Waals surface area contributed by atoms with Crippen LogP contribution in [0.1, 0.15) is 42.2 Å². The van der Waals surface area contributed by atoms with Crippen LogP contribution >= 0.6 is 11.5 Å². The predicted octanol–water partition coefficient (Wildman–Crippen LogP) is 2.43. The Balaban J connectivity index is 2.26. The Hall–Kier alpha value is -1.14. The standard InChI is InChI=1S/C13H23N3O2S/c1-4-5-8-18-9-6-7-15-12(17)11-10(2)16-19-13(11)14-3/h14H,4-9H2,1-3H3,(H,15,17). The fraction of sp³-hybridized carbons (Fsp3) is 0.692.